The predicted molar refractivity (Wildman–Crippen MR) is 306 cm³/mol. The first-order chi connectivity index (χ1) is 40.5. The van der Waals surface area contributed by atoms with E-state index in [1.54, 1.807) is 78.5 Å². The molecule has 4 N–H and O–H groups in total. The Labute approximate surface area is 499 Å². The van der Waals surface area contributed by atoms with Gasteiger partial charge in [0.25, 0.3) is 0 Å². The summed E-state index contributed by atoms with van der Waals surface area (Å²) in [5.74, 6) is -3.14. The van der Waals surface area contributed by atoms with Gasteiger partial charge in [0.2, 0.25) is 0 Å². The first-order valence-electron chi connectivity index (χ1n) is 27.8. The molecule has 0 spiro atoms. The molecule has 0 radical (unpaired) electrons. The fraction of sp³-hybridized carbons (Fsp3) is 0.464. The highest BCUT2D eigenvalue weighted by atomic mass is 35.5. The van der Waals surface area contributed by atoms with Crippen LogP contribution in [0.2, 0.25) is 10.0 Å². The zero-order valence-corrected chi connectivity index (χ0v) is 48.8. The van der Waals surface area contributed by atoms with Crippen LogP contribution in [0.5, 0.6) is 0 Å². The Hall–Kier alpha value is -7.10. The van der Waals surface area contributed by atoms with E-state index in [0.29, 0.717) is 84.2 Å². The molecule has 8 heterocycles. The van der Waals surface area contributed by atoms with E-state index in [4.69, 9.17) is 42.7 Å². The maximum Gasteiger partial charge on any atom is 0.338 e. The van der Waals surface area contributed by atoms with Gasteiger partial charge in [0.1, 0.15) is 35.8 Å². The number of ether oxygens (including phenoxy) is 2. The summed E-state index contributed by atoms with van der Waals surface area (Å²) in [6, 6.07) is 3.19. The number of carboxylic acid groups (broad SMARTS) is 2. The number of piperazine rings is 2. The van der Waals surface area contributed by atoms with Gasteiger partial charge in [-0.15, -0.1) is 22.7 Å². The van der Waals surface area contributed by atoms with Gasteiger partial charge in [0, 0.05) is 111 Å². The maximum atomic E-state index is 14.6. The highest BCUT2D eigenvalue weighted by Crippen LogP contribution is 2.41. The van der Waals surface area contributed by atoms with Crippen molar-refractivity contribution in [3.8, 4) is 0 Å². The molecule has 8 aliphatic rings. The molecular formula is C56H60Cl2F2N12O10S2. The van der Waals surface area contributed by atoms with Gasteiger partial charge in [-0.25, -0.2) is 37.9 Å². The molecular weight excluding hydrogens is 1170 g/mol. The van der Waals surface area contributed by atoms with Crippen molar-refractivity contribution in [3.63, 3.8) is 0 Å². The number of halogens is 4. The number of hydrogen-bond acceptors (Lipinski definition) is 18. The maximum absolute atomic E-state index is 14.6. The molecule has 28 heteroatoms. The molecule has 2 aromatic heterocycles. The summed E-state index contributed by atoms with van der Waals surface area (Å²) < 4.78 is 40.1. The molecule has 2 saturated carbocycles. The molecule has 0 unspecified atom stereocenters. The smallest absolute Gasteiger partial charge is 0.338 e. The number of amidine groups is 2. The van der Waals surface area contributed by atoms with Crippen LogP contribution in [0.15, 0.2) is 92.1 Å². The topological polar surface area (TPSA) is 255 Å². The van der Waals surface area contributed by atoms with Gasteiger partial charge in [0.05, 0.1) is 46.5 Å². The predicted octanol–water partition coefficient (Wildman–Crippen LogP) is 6.26. The zero-order valence-electron chi connectivity index (χ0n) is 45.7. The van der Waals surface area contributed by atoms with Crippen LogP contribution in [0.1, 0.15) is 72.8 Å². The molecule has 6 atom stereocenters. The molecule has 22 nitrogen and oxygen atoms in total. The summed E-state index contributed by atoms with van der Waals surface area (Å²) in [7, 11) is 0. The summed E-state index contributed by atoms with van der Waals surface area (Å²) in [5, 5.41) is 31.5. The van der Waals surface area contributed by atoms with E-state index in [0.717, 1.165) is 25.7 Å². The van der Waals surface area contributed by atoms with Crippen molar-refractivity contribution < 1.29 is 57.2 Å². The average molecular weight is 1230 g/mol. The standard InChI is InChI=1S/2C28H30ClFN6O5S/c2*1-2-41-27(39)20-18(32-24(25-31-8-11-42-25)33-22(20)16-4-3-5-17(30)21(16)29)13-34-9-10-36-19(23(34)26(37)38)14-35(28(36)40)12-15-6-7-15/h2*3-5,8,11,15,19,22-23H,2,6-7,9-10,12-14H2,1H3,(H,32,33)(H,37,38)/t19-,22+,23-;19-,22-,23+/m10/s1. The van der Waals surface area contributed by atoms with Gasteiger partial charge >= 0.3 is 35.9 Å². The summed E-state index contributed by atoms with van der Waals surface area (Å²) in [5.41, 5.74) is 1.47. The number of aliphatic carboxylic acids is 2. The van der Waals surface area contributed by atoms with Crippen LogP contribution in [0.4, 0.5) is 18.4 Å². The lowest BCUT2D eigenvalue weighted by Crippen LogP contribution is -2.62. The second kappa shape index (κ2) is 24.8. The van der Waals surface area contributed by atoms with Crippen molar-refractivity contribution in [2.24, 2.45) is 21.8 Å². The number of aromatic nitrogens is 2. The van der Waals surface area contributed by atoms with Crippen LogP contribution in [0.3, 0.4) is 0 Å². The minimum Gasteiger partial charge on any atom is -0.480 e. The molecule has 4 saturated heterocycles. The third-order valence-electron chi connectivity index (χ3n) is 16.1. The molecule has 4 aromatic rings. The summed E-state index contributed by atoms with van der Waals surface area (Å²) in [6.45, 7) is 6.72. The van der Waals surface area contributed by atoms with Gasteiger partial charge in [-0.3, -0.25) is 29.4 Å². The molecule has 0 bridgehead atoms. The molecule has 4 amide bonds. The van der Waals surface area contributed by atoms with Crippen LogP contribution < -0.4 is 10.6 Å². The number of urea groups is 2. The number of nitrogens with zero attached hydrogens (tertiary/aromatic N) is 10. The first-order valence-corrected chi connectivity index (χ1v) is 30.3. The quantitative estimate of drug-likeness (QED) is 0.0802. The van der Waals surface area contributed by atoms with Crippen molar-refractivity contribution in [2.75, 3.05) is 78.7 Å². The number of amides is 4. The number of benzene rings is 2. The SMILES string of the molecule is CCOC(=O)C1=C(CN2CCN3C(=O)N(CC4CC4)C[C@@H]3[C@@H]2C(=O)O)NC(c2nccs2)=N[C@H]1c1cccc(F)c1Cl.CCOC(=O)C1=C(CN2CCN3C(=O)N(CC4CC4)C[C@H]3[C@@H]2C(=O)O)NC(c2nccs2)=N[C@H]1c1cccc(F)c1Cl. The van der Waals surface area contributed by atoms with Crippen LogP contribution in [0.25, 0.3) is 0 Å². The number of carbonyl (C=O) groups is 6. The van der Waals surface area contributed by atoms with Gasteiger partial charge in [-0.1, -0.05) is 47.5 Å². The van der Waals surface area contributed by atoms with Crippen LogP contribution >= 0.6 is 45.9 Å². The van der Waals surface area contributed by atoms with Crippen molar-refractivity contribution in [1.29, 1.82) is 0 Å². The zero-order chi connectivity index (χ0) is 59.1. The van der Waals surface area contributed by atoms with Crippen LogP contribution in [-0.4, -0.2) is 200 Å². The highest BCUT2D eigenvalue weighted by Gasteiger charge is 2.53. The van der Waals surface area contributed by atoms with Crippen LogP contribution in [0, 0.1) is 23.5 Å². The molecule has 444 valence electrons. The Bertz CT molecular complexity index is 3150. The third-order valence-corrected chi connectivity index (χ3v) is 18.4. The number of carboxylic acids is 2. The summed E-state index contributed by atoms with van der Waals surface area (Å²) >= 11 is 15.4. The van der Waals surface area contributed by atoms with Crippen molar-refractivity contribution in [3.05, 3.63) is 125 Å². The Morgan fingerprint density at radius 1 is 0.643 bits per heavy atom. The largest absolute Gasteiger partial charge is 0.480 e. The Kier molecular flexibility index (Phi) is 17.4. The lowest BCUT2D eigenvalue weighted by Gasteiger charge is -2.42. The number of nitrogens with one attached hydrogen (secondary N) is 2. The number of aliphatic imine (C=N–C) groups is 2. The highest BCUT2D eigenvalue weighted by molar-refractivity contribution is 7.12. The Morgan fingerprint density at radius 2 is 1.05 bits per heavy atom. The fourth-order valence-electron chi connectivity index (χ4n) is 11.8. The van der Waals surface area contributed by atoms with Crippen LogP contribution in [-0.2, 0) is 28.7 Å². The van der Waals surface area contributed by atoms with Gasteiger partial charge in [-0.05, 0) is 63.5 Å². The fourth-order valence-corrected chi connectivity index (χ4v) is 13.5. The lowest BCUT2D eigenvalue weighted by molar-refractivity contribution is -0.148. The van der Waals surface area contributed by atoms with Gasteiger partial charge in [-0.2, -0.15) is 0 Å². The van der Waals surface area contributed by atoms with E-state index in [2.05, 4.69) is 20.6 Å². The number of rotatable bonds is 18. The number of carbonyl (C=O) groups excluding carboxylic acids is 4. The van der Waals surface area contributed by atoms with E-state index in [1.165, 1.54) is 46.9 Å². The minimum absolute atomic E-state index is 0.0140. The minimum atomic E-state index is -1.06. The monoisotopic (exact) mass is 1230 g/mol. The first kappa shape index (κ1) is 58.7. The molecule has 2 aromatic carbocycles. The van der Waals surface area contributed by atoms with Crippen molar-refractivity contribution >= 4 is 93.5 Å². The molecule has 6 fully saturated rings. The third kappa shape index (κ3) is 12.0. The molecule has 84 heavy (non-hydrogen) atoms. The second-order valence-corrected chi connectivity index (χ2v) is 24.0. The number of hydrogen-bond donors (Lipinski definition) is 4. The van der Waals surface area contributed by atoms with Gasteiger partial charge in [0.15, 0.2) is 21.7 Å². The molecule has 6 aliphatic heterocycles. The molecule has 2 aliphatic carbocycles. The van der Waals surface area contributed by atoms with E-state index in [1.807, 2.05) is 0 Å². The normalized spacial score (nSPS) is 24.4. The Morgan fingerprint density at radius 3 is 1.39 bits per heavy atom. The second-order valence-electron chi connectivity index (χ2n) is 21.5. The average Bonchev–Trinajstić information content (AvgIpc) is 2.37. The van der Waals surface area contributed by atoms with Crippen molar-refractivity contribution in [2.45, 2.75) is 75.8 Å². The van der Waals surface area contributed by atoms with E-state index < -0.39 is 71.8 Å². The number of esters is 2. The van der Waals surface area contributed by atoms with E-state index >= 15 is 0 Å². The van der Waals surface area contributed by atoms with E-state index in [-0.39, 0.29) is 83.8 Å². The van der Waals surface area contributed by atoms with Gasteiger partial charge < -0.3 is 49.9 Å². The number of thiazole rings is 2. The molecule has 12 rings (SSSR count). The van der Waals surface area contributed by atoms with E-state index in [9.17, 15) is 47.8 Å². The lowest BCUT2D eigenvalue weighted by atomic mass is 9.94. The summed E-state index contributed by atoms with van der Waals surface area (Å²) in [4.78, 5) is 107. The summed E-state index contributed by atoms with van der Waals surface area (Å²) in [6.07, 6.45) is 7.56. The number of fused-ring (bicyclic) bond motifs is 2. The van der Waals surface area contributed by atoms with Crippen molar-refractivity contribution in [1.82, 2.24) is 50.0 Å². The Balaban J connectivity index is 0.000000175.